The molecule has 0 aliphatic heterocycles. The van der Waals surface area contributed by atoms with Crippen LogP contribution in [0.2, 0.25) is 0 Å². The van der Waals surface area contributed by atoms with Crippen molar-refractivity contribution in [2.45, 2.75) is 206 Å². The van der Waals surface area contributed by atoms with Crippen LogP contribution in [0.3, 0.4) is 0 Å². The molecule has 0 bridgehead atoms. The summed E-state index contributed by atoms with van der Waals surface area (Å²) in [7, 11) is 0. The Morgan fingerprint density at radius 1 is 0.478 bits per heavy atom. The Morgan fingerprint density at radius 3 is 1.22 bits per heavy atom. The van der Waals surface area contributed by atoms with Crippen LogP contribution in [0.1, 0.15) is 206 Å². The zero-order chi connectivity index (χ0) is 33.3. The summed E-state index contributed by atoms with van der Waals surface area (Å²) < 4.78 is 5.53. The molecule has 1 rings (SSSR count). The van der Waals surface area contributed by atoms with Gasteiger partial charge in [-0.15, -0.1) is 0 Å². The molecule has 0 spiro atoms. The fourth-order valence-corrected chi connectivity index (χ4v) is 6.37. The Kier molecular flexibility index (Phi) is 28.9. The number of carbonyl (C=O) groups is 3. The lowest BCUT2D eigenvalue weighted by molar-refractivity contribution is -0.149. The molecule has 0 amide bonds. The van der Waals surface area contributed by atoms with Gasteiger partial charge in [-0.05, 0) is 25.0 Å². The third-order valence-corrected chi connectivity index (χ3v) is 9.44. The maximum Gasteiger partial charge on any atom is 0.322 e. The maximum absolute atomic E-state index is 13.2. The largest absolute Gasteiger partial charge is 0.426 e. The molecule has 0 fully saturated rings. The van der Waals surface area contributed by atoms with Crippen molar-refractivity contribution >= 4 is 17.5 Å². The van der Waals surface area contributed by atoms with Gasteiger partial charge >= 0.3 is 5.97 Å². The van der Waals surface area contributed by atoms with Crippen molar-refractivity contribution < 1.29 is 19.1 Å². The fraction of sp³-hybridized carbons (Fsp3) is 0.786. The summed E-state index contributed by atoms with van der Waals surface area (Å²) in [6.07, 6.45) is 35.6. The molecule has 0 radical (unpaired) electrons. The summed E-state index contributed by atoms with van der Waals surface area (Å²) in [5, 5.41) is 0. The van der Waals surface area contributed by atoms with E-state index in [2.05, 4.69) is 13.8 Å². The SMILES string of the molecule is CCCCCCCCCCCCCCCCC(=O)C(=O)C(CCCCCCCCCCCCCCCC)C(=O)Oc1ccccc1. The number of para-hydroxylation sites is 1. The molecule has 0 saturated heterocycles. The summed E-state index contributed by atoms with van der Waals surface area (Å²) in [5.41, 5.74) is 0. The molecular weight excluding hydrogens is 568 g/mol. The van der Waals surface area contributed by atoms with Crippen LogP contribution in [0.15, 0.2) is 30.3 Å². The first-order valence-electron chi connectivity index (χ1n) is 19.9. The van der Waals surface area contributed by atoms with E-state index in [1.807, 2.05) is 6.07 Å². The Labute approximate surface area is 284 Å². The van der Waals surface area contributed by atoms with Gasteiger partial charge in [0.15, 0.2) is 5.78 Å². The van der Waals surface area contributed by atoms with Crippen molar-refractivity contribution in [1.29, 1.82) is 0 Å². The third-order valence-electron chi connectivity index (χ3n) is 9.44. The Bertz CT molecular complexity index is 848. The van der Waals surface area contributed by atoms with Crippen LogP contribution in [-0.2, 0) is 14.4 Å². The fourth-order valence-electron chi connectivity index (χ4n) is 6.37. The van der Waals surface area contributed by atoms with E-state index in [-0.39, 0.29) is 6.42 Å². The summed E-state index contributed by atoms with van der Waals surface area (Å²) in [6.45, 7) is 4.53. The molecule has 0 saturated carbocycles. The molecule has 1 aromatic carbocycles. The van der Waals surface area contributed by atoms with Crippen molar-refractivity contribution in [2.75, 3.05) is 0 Å². The molecule has 4 nitrogen and oxygen atoms in total. The first-order valence-corrected chi connectivity index (χ1v) is 19.9. The van der Waals surface area contributed by atoms with E-state index in [1.54, 1.807) is 24.3 Å². The van der Waals surface area contributed by atoms with Gasteiger partial charge in [0.1, 0.15) is 11.7 Å². The first kappa shape index (κ1) is 42.1. The zero-order valence-corrected chi connectivity index (χ0v) is 30.3. The van der Waals surface area contributed by atoms with E-state index >= 15 is 0 Å². The second-order valence-corrected chi connectivity index (χ2v) is 13.8. The van der Waals surface area contributed by atoms with Gasteiger partial charge in [0.2, 0.25) is 5.78 Å². The van der Waals surface area contributed by atoms with Gasteiger partial charge in [-0.3, -0.25) is 14.4 Å². The quantitative estimate of drug-likeness (QED) is 0.0247. The van der Waals surface area contributed by atoms with E-state index in [0.29, 0.717) is 12.2 Å². The van der Waals surface area contributed by atoms with Crippen LogP contribution in [0.4, 0.5) is 0 Å². The minimum absolute atomic E-state index is 0.241. The molecule has 0 heterocycles. The van der Waals surface area contributed by atoms with Crippen LogP contribution in [0, 0.1) is 5.92 Å². The number of rotatable bonds is 34. The number of hydrogen-bond acceptors (Lipinski definition) is 4. The van der Waals surface area contributed by atoms with Gasteiger partial charge in [0.25, 0.3) is 0 Å². The monoisotopic (exact) mass is 641 g/mol. The molecule has 4 heteroatoms. The Morgan fingerprint density at radius 2 is 0.826 bits per heavy atom. The van der Waals surface area contributed by atoms with E-state index in [9.17, 15) is 14.4 Å². The molecule has 1 aromatic rings. The highest BCUT2D eigenvalue weighted by Gasteiger charge is 2.32. The van der Waals surface area contributed by atoms with Crippen molar-refractivity contribution in [3.8, 4) is 5.75 Å². The summed E-state index contributed by atoms with van der Waals surface area (Å²) in [6, 6.07) is 8.88. The average molecular weight is 641 g/mol. The highest BCUT2D eigenvalue weighted by molar-refractivity contribution is 6.41. The molecule has 46 heavy (non-hydrogen) atoms. The Balaban J connectivity index is 2.25. The number of esters is 1. The maximum atomic E-state index is 13.2. The second-order valence-electron chi connectivity index (χ2n) is 13.8. The van der Waals surface area contributed by atoms with Crippen LogP contribution in [-0.4, -0.2) is 17.5 Å². The topological polar surface area (TPSA) is 60.4 Å². The van der Waals surface area contributed by atoms with E-state index in [1.165, 1.54) is 141 Å². The van der Waals surface area contributed by atoms with E-state index in [0.717, 1.165) is 38.5 Å². The number of hydrogen-bond donors (Lipinski definition) is 0. The molecule has 0 aliphatic carbocycles. The molecular formula is C42H72O4. The standard InChI is InChI=1S/C42H72O4/c1-3-5-7-9-11-13-15-17-19-21-23-25-27-32-36-39(42(45)46-38-34-30-29-31-35-38)41(44)40(43)37-33-28-26-24-22-20-18-16-14-12-10-8-6-4-2/h29-31,34-35,39H,3-28,32-33,36-37H2,1-2H3. The van der Waals surface area contributed by atoms with Crippen LogP contribution >= 0.6 is 0 Å². The summed E-state index contributed by atoms with van der Waals surface area (Å²) in [5.74, 6) is -2.10. The molecule has 264 valence electrons. The molecule has 0 N–H and O–H groups in total. The lowest BCUT2D eigenvalue weighted by atomic mass is 9.92. The van der Waals surface area contributed by atoms with Crippen molar-refractivity contribution in [2.24, 2.45) is 5.92 Å². The first-order chi connectivity index (χ1) is 22.6. The number of ether oxygens (including phenoxy) is 1. The van der Waals surface area contributed by atoms with Gasteiger partial charge in [0.05, 0.1) is 0 Å². The number of unbranched alkanes of at least 4 members (excludes halogenated alkanes) is 26. The van der Waals surface area contributed by atoms with E-state index < -0.39 is 23.5 Å². The van der Waals surface area contributed by atoms with Crippen molar-refractivity contribution in [3.05, 3.63) is 30.3 Å². The van der Waals surface area contributed by atoms with Crippen molar-refractivity contribution in [3.63, 3.8) is 0 Å². The number of Topliss-reactive ketones (excluding diaryl/α,β-unsaturated/α-hetero) is 2. The average Bonchev–Trinajstić information content (AvgIpc) is 3.06. The number of carbonyl (C=O) groups excluding carboxylic acids is 3. The molecule has 1 unspecified atom stereocenters. The lowest BCUT2D eigenvalue weighted by Gasteiger charge is -2.14. The lowest BCUT2D eigenvalue weighted by Crippen LogP contribution is -2.33. The molecule has 0 aliphatic rings. The number of benzene rings is 1. The highest BCUT2D eigenvalue weighted by Crippen LogP contribution is 2.20. The minimum atomic E-state index is -0.989. The minimum Gasteiger partial charge on any atom is -0.426 e. The number of ketones is 2. The van der Waals surface area contributed by atoms with E-state index in [4.69, 9.17) is 4.74 Å². The van der Waals surface area contributed by atoms with Gasteiger partial charge in [-0.2, -0.15) is 0 Å². The third kappa shape index (κ3) is 24.2. The van der Waals surface area contributed by atoms with Gasteiger partial charge in [-0.25, -0.2) is 0 Å². The zero-order valence-electron chi connectivity index (χ0n) is 30.3. The normalized spacial score (nSPS) is 11.9. The van der Waals surface area contributed by atoms with Gasteiger partial charge in [-0.1, -0.05) is 205 Å². The van der Waals surface area contributed by atoms with Crippen LogP contribution < -0.4 is 4.74 Å². The van der Waals surface area contributed by atoms with Gasteiger partial charge < -0.3 is 4.74 Å². The smallest absolute Gasteiger partial charge is 0.322 e. The van der Waals surface area contributed by atoms with Crippen LogP contribution in [0.5, 0.6) is 5.75 Å². The summed E-state index contributed by atoms with van der Waals surface area (Å²) >= 11 is 0. The molecule has 0 aromatic heterocycles. The summed E-state index contributed by atoms with van der Waals surface area (Å²) in [4.78, 5) is 39.0. The molecule has 1 atom stereocenters. The predicted molar refractivity (Wildman–Crippen MR) is 195 cm³/mol. The predicted octanol–water partition coefficient (Wildman–Crippen LogP) is 13.1. The second kappa shape index (κ2) is 31.6. The van der Waals surface area contributed by atoms with Crippen molar-refractivity contribution in [1.82, 2.24) is 0 Å². The Hall–Kier alpha value is -1.97. The van der Waals surface area contributed by atoms with Crippen LogP contribution in [0.25, 0.3) is 0 Å². The highest BCUT2D eigenvalue weighted by atomic mass is 16.5. The van der Waals surface area contributed by atoms with Gasteiger partial charge in [0, 0.05) is 6.42 Å².